The summed E-state index contributed by atoms with van der Waals surface area (Å²) in [6, 6.07) is 3.16. The highest BCUT2D eigenvalue weighted by Crippen LogP contribution is 2.20. The van der Waals surface area contributed by atoms with Gasteiger partial charge in [-0.3, -0.25) is 9.59 Å². The number of carbonyl (C=O) groups excluding carboxylic acids is 1. The molecule has 0 atom stereocenters. The highest BCUT2D eigenvalue weighted by atomic mass is 19.1. The van der Waals surface area contributed by atoms with Gasteiger partial charge in [0.2, 0.25) is 0 Å². The Balaban J connectivity index is 0.00000191. The lowest BCUT2D eigenvalue weighted by Crippen LogP contribution is -2.38. The minimum Gasteiger partial charge on any atom is -0.480 e. The second-order valence-corrected chi connectivity index (χ2v) is 3.64. The Labute approximate surface area is 122 Å². The van der Waals surface area contributed by atoms with Crippen LogP contribution in [0.2, 0.25) is 0 Å². The average molecular weight is 303 g/mol. The van der Waals surface area contributed by atoms with E-state index in [1.54, 1.807) is 6.92 Å². The van der Waals surface area contributed by atoms with Crippen molar-refractivity contribution in [1.82, 2.24) is 4.90 Å². The zero-order chi connectivity index (χ0) is 16.4. The Morgan fingerprint density at radius 2 is 1.76 bits per heavy atom. The fraction of sp³-hybridized carbons (Fsp3) is 0.429. The molecule has 0 bridgehead atoms. The fourth-order valence-corrected chi connectivity index (χ4v) is 1.39. The van der Waals surface area contributed by atoms with Crippen molar-refractivity contribution in [3.05, 3.63) is 29.8 Å². The molecular weight excluding hydrogens is 284 g/mol. The van der Waals surface area contributed by atoms with Crippen LogP contribution in [-0.4, -0.2) is 41.6 Å². The molecule has 1 rings (SSSR count). The summed E-state index contributed by atoms with van der Waals surface area (Å²) in [5.74, 6) is -4.33. The standard InChI is InChI=1S/C12H13F2NO4.C2H6/c1-2-15(6-11(17)18)10(16)7-19-12-8(13)4-3-5-9(12)14;1-2/h3-5H,2,6-7H2,1H3,(H,17,18);1-2H3. The third kappa shape index (κ3) is 6.20. The van der Waals surface area contributed by atoms with Crippen LogP contribution in [0.4, 0.5) is 8.78 Å². The van der Waals surface area contributed by atoms with Crippen molar-refractivity contribution in [1.29, 1.82) is 0 Å². The first-order valence-corrected chi connectivity index (χ1v) is 6.52. The molecule has 0 saturated carbocycles. The molecule has 0 aliphatic carbocycles. The van der Waals surface area contributed by atoms with Crippen LogP contribution in [0.25, 0.3) is 0 Å². The smallest absolute Gasteiger partial charge is 0.323 e. The van der Waals surface area contributed by atoms with Crippen LogP contribution in [0, 0.1) is 11.6 Å². The molecule has 0 unspecified atom stereocenters. The van der Waals surface area contributed by atoms with Crippen LogP contribution in [0.3, 0.4) is 0 Å². The van der Waals surface area contributed by atoms with Gasteiger partial charge in [0, 0.05) is 6.54 Å². The number of carbonyl (C=O) groups is 2. The lowest BCUT2D eigenvalue weighted by atomic mass is 10.3. The van der Waals surface area contributed by atoms with Gasteiger partial charge in [0.1, 0.15) is 6.54 Å². The maximum Gasteiger partial charge on any atom is 0.323 e. The molecule has 0 heterocycles. The van der Waals surface area contributed by atoms with E-state index in [0.29, 0.717) is 0 Å². The van der Waals surface area contributed by atoms with E-state index < -0.39 is 42.4 Å². The zero-order valence-corrected chi connectivity index (χ0v) is 12.2. The summed E-state index contributed by atoms with van der Waals surface area (Å²) in [5.41, 5.74) is 0. The van der Waals surface area contributed by atoms with Crippen molar-refractivity contribution in [3.8, 4) is 5.75 Å². The molecule has 0 saturated heterocycles. The third-order valence-electron chi connectivity index (χ3n) is 2.32. The molecule has 0 radical (unpaired) electrons. The summed E-state index contributed by atoms with van der Waals surface area (Å²) >= 11 is 0. The Morgan fingerprint density at radius 3 is 2.19 bits per heavy atom. The van der Waals surface area contributed by atoms with E-state index in [0.717, 1.165) is 17.0 Å². The first-order chi connectivity index (χ1) is 9.95. The van der Waals surface area contributed by atoms with E-state index in [9.17, 15) is 18.4 Å². The quantitative estimate of drug-likeness (QED) is 0.875. The number of amides is 1. The lowest BCUT2D eigenvalue weighted by Gasteiger charge is -2.18. The van der Waals surface area contributed by atoms with Gasteiger partial charge in [0.05, 0.1) is 0 Å². The van der Waals surface area contributed by atoms with Gasteiger partial charge >= 0.3 is 5.97 Å². The lowest BCUT2D eigenvalue weighted by molar-refractivity contribution is -0.145. The van der Waals surface area contributed by atoms with Crippen molar-refractivity contribution in [3.63, 3.8) is 0 Å². The first kappa shape index (κ1) is 18.8. The van der Waals surface area contributed by atoms with E-state index >= 15 is 0 Å². The summed E-state index contributed by atoms with van der Waals surface area (Å²) in [5, 5.41) is 8.58. The van der Waals surface area contributed by atoms with Crippen LogP contribution in [0.5, 0.6) is 5.75 Å². The van der Waals surface area contributed by atoms with Crippen molar-refractivity contribution in [2.75, 3.05) is 19.7 Å². The molecular formula is C14H19F2NO4. The minimum atomic E-state index is -1.17. The van der Waals surface area contributed by atoms with E-state index in [4.69, 9.17) is 9.84 Å². The van der Waals surface area contributed by atoms with Crippen LogP contribution in [0.1, 0.15) is 20.8 Å². The molecule has 118 valence electrons. The molecule has 0 aliphatic rings. The maximum atomic E-state index is 13.2. The number of carboxylic acids is 1. The second-order valence-electron chi connectivity index (χ2n) is 3.64. The van der Waals surface area contributed by atoms with Gasteiger partial charge in [-0.05, 0) is 19.1 Å². The molecule has 1 aromatic carbocycles. The van der Waals surface area contributed by atoms with E-state index in [-0.39, 0.29) is 6.54 Å². The Bertz CT molecular complexity index is 460. The second kappa shape index (κ2) is 9.68. The van der Waals surface area contributed by atoms with Crippen molar-refractivity contribution in [2.45, 2.75) is 20.8 Å². The topological polar surface area (TPSA) is 66.8 Å². The summed E-state index contributed by atoms with van der Waals surface area (Å²) in [6.45, 7) is 4.64. The van der Waals surface area contributed by atoms with E-state index in [1.165, 1.54) is 6.07 Å². The molecule has 0 aromatic heterocycles. The number of aliphatic carboxylic acids is 1. The SMILES string of the molecule is CC.CCN(CC(=O)O)C(=O)COc1c(F)cccc1F. The summed E-state index contributed by atoms with van der Waals surface area (Å²) in [4.78, 5) is 23.1. The van der Waals surface area contributed by atoms with Crippen molar-refractivity contribution >= 4 is 11.9 Å². The Hall–Kier alpha value is -2.18. The van der Waals surface area contributed by atoms with Crippen LogP contribution < -0.4 is 4.74 Å². The Morgan fingerprint density at radius 1 is 1.24 bits per heavy atom. The minimum absolute atomic E-state index is 0.161. The van der Waals surface area contributed by atoms with Crippen LogP contribution >= 0.6 is 0 Å². The van der Waals surface area contributed by atoms with Crippen LogP contribution in [-0.2, 0) is 9.59 Å². The third-order valence-corrected chi connectivity index (χ3v) is 2.32. The molecule has 1 amide bonds. The fourth-order valence-electron chi connectivity index (χ4n) is 1.39. The van der Waals surface area contributed by atoms with Crippen LogP contribution in [0.15, 0.2) is 18.2 Å². The highest BCUT2D eigenvalue weighted by Gasteiger charge is 2.17. The molecule has 0 spiro atoms. The Kier molecular flexibility index (Phi) is 8.68. The molecule has 7 heteroatoms. The highest BCUT2D eigenvalue weighted by molar-refractivity contribution is 5.82. The van der Waals surface area contributed by atoms with Gasteiger partial charge < -0.3 is 14.7 Å². The van der Waals surface area contributed by atoms with Gasteiger partial charge in [0.15, 0.2) is 24.0 Å². The number of hydrogen-bond donors (Lipinski definition) is 1. The number of likely N-dealkylation sites (N-methyl/N-ethyl adjacent to an activating group) is 1. The largest absolute Gasteiger partial charge is 0.480 e. The molecule has 1 N–H and O–H groups in total. The van der Waals surface area contributed by atoms with Gasteiger partial charge in [-0.1, -0.05) is 19.9 Å². The first-order valence-electron chi connectivity index (χ1n) is 6.52. The predicted octanol–water partition coefficient (Wildman–Crippen LogP) is 2.30. The number of para-hydroxylation sites is 1. The number of halogens is 2. The monoisotopic (exact) mass is 303 g/mol. The van der Waals surface area contributed by atoms with E-state index in [2.05, 4.69) is 0 Å². The van der Waals surface area contributed by atoms with Gasteiger partial charge in [0.25, 0.3) is 5.91 Å². The van der Waals surface area contributed by atoms with Crippen molar-refractivity contribution < 1.29 is 28.2 Å². The molecule has 5 nitrogen and oxygen atoms in total. The molecule has 1 aromatic rings. The number of benzene rings is 1. The van der Waals surface area contributed by atoms with Gasteiger partial charge in [-0.25, -0.2) is 8.78 Å². The van der Waals surface area contributed by atoms with Gasteiger partial charge in [-0.15, -0.1) is 0 Å². The summed E-state index contributed by atoms with van der Waals surface area (Å²) in [7, 11) is 0. The summed E-state index contributed by atoms with van der Waals surface area (Å²) < 4.78 is 31.2. The maximum absolute atomic E-state index is 13.2. The number of nitrogens with zero attached hydrogens (tertiary/aromatic N) is 1. The average Bonchev–Trinajstić information content (AvgIpc) is 2.46. The van der Waals surface area contributed by atoms with E-state index in [1.807, 2.05) is 13.8 Å². The molecule has 0 fully saturated rings. The van der Waals surface area contributed by atoms with Crippen molar-refractivity contribution in [2.24, 2.45) is 0 Å². The van der Waals surface area contributed by atoms with Gasteiger partial charge in [-0.2, -0.15) is 0 Å². The summed E-state index contributed by atoms with van der Waals surface area (Å²) in [6.07, 6.45) is 0. The normalized spacial score (nSPS) is 9.38. The number of ether oxygens (including phenoxy) is 1. The molecule has 0 aliphatic heterocycles. The number of carboxylic acid groups (broad SMARTS) is 1. The predicted molar refractivity (Wildman–Crippen MR) is 73.1 cm³/mol. The number of hydrogen-bond acceptors (Lipinski definition) is 3. The zero-order valence-electron chi connectivity index (χ0n) is 12.2. The number of rotatable bonds is 6. The molecule has 21 heavy (non-hydrogen) atoms.